The molecular weight excluding hydrogens is 416 g/mol. The molecule has 3 aromatic rings. The van der Waals surface area contributed by atoms with Gasteiger partial charge in [0, 0.05) is 6.54 Å². The van der Waals surface area contributed by atoms with Crippen molar-refractivity contribution < 1.29 is 0 Å². The summed E-state index contributed by atoms with van der Waals surface area (Å²) < 4.78 is 1.71. The molecule has 0 aliphatic carbocycles. The molecule has 0 saturated carbocycles. The fraction of sp³-hybridized carbons (Fsp3) is 0.381. The lowest BCUT2D eigenvalue weighted by molar-refractivity contribution is 0.323. The molecule has 4 rings (SSSR count). The molecule has 1 unspecified atom stereocenters. The highest BCUT2D eigenvalue weighted by atomic mass is 35.5. The highest BCUT2D eigenvalue weighted by Crippen LogP contribution is 2.25. The van der Waals surface area contributed by atoms with Gasteiger partial charge in [-0.3, -0.25) is 9.36 Å². The van der Waals surface area contributed by atoms with Gasteiger partial charge < -0.3 is 16.4 Å². The number of hydrogen-bond acceptors (Lipinski definition) is 8. The van der Waals surface area contributed by atoms with Crippen molar-refractivity contribution in [3.8, 4) is 6.07 Å². The number of rotatable bonds is 5. The number of fused-ring (bicyclic) bond motifs is 1. The van der Waals surface area contributed by atoms with Gasteiger partial charge in [0.15, 0.2) is 0 Å². The van der Waals surface area contributed by atoms with E-state index in [1.807, 2.05) is 13.0 Å². The van der Waals surface area contributed by atoms with Crippen LogP contribution in [0.25, 0.3) is 10.9 Å². The van der Waals surface area contributed by atoms with Gasteiger partial charge >= 0.3 is 0 Å². The third-order valence-corrected chi connectivity index (χ3v) is 5.91. The normalized spacial score (nSPS) is 15.5. The Labute approximate surface area is 184 Å². The second kappa shape index (κ2) is 8.88. The Hall–Kier alpha value is -3.22. The maximum Gasteiger partial charge on any atom is 0.262 e. The lowest BCUT2D eigenvalue weighted by atomic mass is 9.98. The fourth-order valence-corrected chi connectivity index (χ4v) is 4.21. The number of aromatic nitrogens is 4. The third kappa shape index (κ3) is 4.17. The molecule has 0 amide bonds. The van der Waals surface area contributed by atoms with Gasteiger partial charge in [0.1, 0.15) is 35.4 Å². The van der Waals surface area contributed by atoms with Gasteiger partial charge in [-0.15, -0.1) is 0 Å². The zero-order valence-electron chi connectivity index (χ0n) is 17.1. The van der Waals surface area contributed by atoms with Crippen LogP contribution in [0.15, 0.2) is 29.3 Å². The molecule has 0 bridgehead atoms. The van der Waals surface area contributed by atoms with E-state index in [4.69, 9.17) is 22.3 Å². The highest BCUT2D eigenvalue weighted by Gasteiger charge is 2.23. The van der Waals surface area contributed by atoms with Crippen LogP contribution in [-0.2, 0) is 6.54 Å². The minimum atomic E-state index is -0.417. The third-order valence-electron chi connectivity index (χ3n) is 5.59. The summed E-state index contributed by atoms with van der Waals surface area (Å²) in [6, 6.07) is 6.85. The van der Waals surface area contributed by atoms with Crippen LogP contribution in [0.5, 0.6) is 0 Å². The van der Waals surface area contributed by atoms with E-state index in [0.717, 1.165) is 25.9 Å². The summed E-state index contributed by atoms with van der Waals surface area (Å²) in [6.07, 6.45) is 3.26. The Morgan fingerprint density at radius 2 is 2.16 bits per heavy atom. The molecule has 1 aromatic carbocycles. The van der Waals surface area contributed by atoms with Crippen LogP contribution in [0.4, 0.5) is 11.6 Å². The molecule has 160 valence electrons. The molecule has 4 N–H and O–H groups in total. The lowest BCUT2D eigenvalue weighted by Crippen LogP contribution is -2.35. The summed E-state index contributed by atoms with van der Waals surface area (Å²) in [6.45, 7) is 4.27. The van der Waals surface area contributed by atoms with Crippen molar-refractivity contribution >= 4 is 34.1 Å². The summed E-state index contributed by atoms with van der Waals surface area (Å²) in [5.41, 5.74) is 6.33. The Kier molecular flexibility index (Phi) is 6.02. The first kappa shape index (κ1) is 21.0. The van der Waals surface area contributed by atoms with E-state index in [1.165, 1.54) is 6.33 Å². The predicted octanol–water partition coefficient (Wildman–Crippen LogP) is 2.47. The molecule has 3 heterocycles. The van der Waals surface area contributed by atoms with Crippen molar-refractivity contribution in [3.05, 3.63) is 51.3 Å². The van der Waals surface area contributed by atoms with Gasteiger partial charge in [-0.05, 0) is 50.9 Å². The summed E-state index contributed by atoms with van der Waals surface area (Å²) in [5.74, 6) is 1.31. The van der Waals surface area contributed by atoms with Crippen LogP contribution in [0.1, 0.15) is 37.2 Å². The molecular formula is C21H23ClN8O. The monoisotopic (exact) mass is 438 g/mol. The zero-order chi connectivity index (χ0) is 22.0. The number of nitriles is 1. The number of hydrogen-bond donors (Lipinski definition) is 3. The molecule has 0 spiro atoms. The van der Waals surface area contributed by atoms with Gasteiger partial charge in [0.2, 0.25) is 0 Å². The number of nitrogen functional groups attached to an aromatic ring is 1. The molecule has 2 aromatic heterocycles. The van der Waals surface area contributed by atoms with Gasteiger partial charge in [0.25, 0.3) is 5.56 Å². The molecule has 0 radical (unpaired) electrons. The van der Waals surface area contributed by atoms with Crippen LogP contribution in [0.3, 0.4) is 0 Å². The van der Waals surface area contributed by atoms with Gasteiger partial charge in [0.05, 0.1) is 22.0 Å². The summed E-state index contributed by atoms with van der Waals surface area (Å²) >= 11 is 6.35. The molecule has 31 heavy (non-hydrogen) atoms. The molecule has 10 heteroatoms. The van der Waals surface area contributed by atoms with Crippen LogP contribution >= 0.6 is 11.6 Å². The highest BCUT2D eigenvalue weighted by molar-refractivity contribution is 6.35. The number of piperidine rings is 1. The molecule has 9 nitrogen and oxygen atoms in total. The van der Waals surface area contributed by atoms with E-state index in [9.17, 15) is 10.1 Å². The molecule has 1 saturated heterocycles. The maximum atomic E-state index is 13.5. The van der Waals surface area contributed by atoms with Crippen molar-refractivity contribution in [2.24, 2.45) is 5.92 Å². The van der Waals surface area contributed by atoms with Crippen molar-refractivity contribution in [2.45, 2.75) is 32.4 Å². The lowest BCUT2D eigenvalue weighted by Gasteiger charge is -2.26. The number of nitrogens with one attached hydrogen (secondary N) is 2. The van der Waals surface area contributed by atoms with Gasteiger partial charge in [-0.2, -0.15) is 5.26 Å². The van der Waals surface area contributed by atoms with E-state index < -0.39 is 6.04 Å². The molecule has 1 aliphatic rings. The number of nitrogens with two attached hydrogens (primary N) is 1. The Bertz CT molecular complexity index is 1210. The summed E-state index contributed by atoms with van der Waals surface area (Å²) in [4.78, 5) is 26.3. The Balaban J connectivity index is 1.80. The molecule has 1 atom stereocenters. The number of benzene rings is 1. The van der Waals surface area contributed by atoms with E-state index in [1.54, 1.807) is 22.8 Å². The second-order valence-electron chi connectivity index (χ2n) is 7.67. The second-order valence-corrected chi connectivity index (χ2v) is 8.08. The number of anilines is 2. The minimum Gasteiger partial charge on any atom is -0.382 e. The van der Waals surface area contributed by atoms with Crippen molar-refractivity contribution in [2.75, 3.05) is 24.1 Å². The number of nitrogens with zero attached hydrogens (tertiary/aromatic N) is 5. The number of halogens is 1. The summed E-state index contributed by atoms with van der Waals surface area (Å²) in [7, 11) is 0. The largest absolute Gasteiger partial charge is 0.382 e. The maximum absolute atomic E-state index is 13.5. The van der Waals surface area contributed by atoms with Gasteiger partial charge in [-0.25, -0.2) is 15.0 Å². The zero-order valence-corrected chi connectivity index (χ0v) is 17.9. The van der Waals surface area contributed by atoms with Crippen molar-refractivity contribution in [1.29, 1.82) is 5.26 Å². The van der Waals surface area contributed by atoms with Crippen LogP contribution in [-0.4, -0.2) is 32.6 Å². The quantitative estimate of drug-likeness (QED) is 0.552. The first-order valence-corrected chi connectivity index (χ1v) is 10.5. The first-order valence-electron chi connectivity index (χ1n) is 10.2. The minimum absolute atomic E-state index is 0.0950. The van der Waals surface area contributed by atoms with E-state index in [2.05, 4.69) is 20.6 Å². The average molecular weight is 439 g/mol. The average Bonchev–Trinajstić information content (AvgIpc) is 2.76. The Morgan fingerprint density at radius 1 is 1.39 bits per heavy atom. The standard InChI is InChI=1S/C21H23ClN8O/c1-12(28-19-14(9-23)18(24)26-11-27-19)20-29-16-4-2-3-15(22)17(16)21(31)30(20)10-13-5-7-25-8-6-13/h2-4,11-13,25H,5-8,10H2,1H3,(H3,24,26,27,28). The van der Waals surface area contributed by atoms with E-state index in [0.29, 0.717) is 40.0 Å². The smallest absolute Gasteiger partial charge is 0.262 e. The van der Waals surface area contributed by atoms with Crippen LogP contribution in [0.2, 0.25) is 5.02 Å². The Morgan fingerprint density at radius 3 is 2.90 bits per heavy atom. The van der Waals surface area contributed by atoms with Crippen LogP contribution in [0, 0.1) is 17.2 Å². The first-order chi connectivity index (χ1) is 15.0. The topological polar surface area (TPSA) is 135 Å². The van der Waals surface area contributed by atoms with Crippen molar-refractivity contribution in [1.82, 2.24) is 24.8 Å². The van der Waals surface area contributed by atoms with Gasteiger partial charge in [-0.1, -0.05) is 17.7 Å². The fourth-order valence-electron chi connectivity index (χ4n) is 3.96. The SMILES string of the molecule is CC(Nc1ncnc(N)c1C#N)c1nc2cccc(Cl)c2c(=O)n1CC1CCNCC1. The van der Waals surface area contributed by atoms with Crippen molar-refractivity contribution in [3.63, 3.8) is 0 Å². The predicted molar refractivity (Wildman–Crippen MR) is 120 cm³/mol. The summed E-state index contributed by atoms with van der Waals surface area (Å²) in [5, 5.41) is 16.8. The molecule has 1 aliphatic heterocycles. The molecule has 1 fully saturated rings. The van der Waals surface area contributed by atoms with E-state index >= 15 is 0 Å². The van der Waals surface area contributed by atoms with Crippen LogP contribution < -0.4 is 21.9 Å². The van der Waals surface area contributed by atoms with E-state index in [-0.39, 0.29) is 16.9 Å².